The number of Topliss-reactive ketones (excluding diaryl/α,β-unsaturated/α-hetero) is 1. The van der Waals surface area contributed by atoms with Gasteiger partial charge in [0.1, 0.15) is 5.84 Å². The average molecular weight is 420 g/mol. The highest BCUT2D eigenvalue weighted by Crippen LogP contribution is 2.19. The maximum atomic E-state index is 12.5. The number of rotatable bonds is 7. The fourth-order valence-electron chi connectivity index (χ4n) is 2.74. The first-order valence-corrected chi connectivity index (χ1v) is 11.2. The highest BCUT2D eigenvalue weighted by atomic mass is 32.2. The summed E-state index contributed by atoms with van der Waals surface area (Å²) in [6, 6.07) is 9.64. The number of nitrogens with one attached hydrogen (secondary N) is 2. The second kappa shape index (κ2) is 8.66. The Hall–Kier alpha value is -2.52. The third-order valence-electron chi connectivity index (χ3n) is 4.15. The average Bonchev–Trinajstić information content (AvgIpc) is 3.31. The van der Waals surface area contributed by atoms with Gasteiger partial charge in [-0.25, -0.2) is 8.42 Å². The largest absolute Gasteiger partial charge is 0.326 e. The van der Waals surface area contributed by atoms with Gasteiger partial charge in [0.2, 0.25) is 5.91 Å². The van der Waals surface area contributed by atoms with Crippen LogP contribution in [0.25, 0.3) is 0 Å². The molecule has 0 aliphatic carbocycles. The number of ketones is 1. The van der Waals surface area contributed by atoms with E-state index in [1.54, 1.807) is 18.2 Å². The number of aliphatic imine (C=N–C) groups is 1. The fourth-order valence-corrected chi connectivity index (χ4v) is 4.71. The van der Waals surface area contributed by atoms with E-state index in [1.165, 1.54) is 23.5 Å². The molecule has 1 amide bonds. The number of aryl methyl sites for hydroxylation is 1. The lowest BCUT2D eigenvalue weighted by Gasteiger charge is -2.10. The molecule has 0 saturated carbocycles. The van der Waals surface area contributed by atoms with Crippen LogP contribution >= 0.6 is 11.3 Å². The standard InChI is InChI=1S/C19H21N3O4S2/c1-13-7-9-17(27-13)16(23)8-10-19(24)21-14-4-2-5-15(12-14)28(25,26)22-18-6-3-11-20-18/h2,4-5,7,9,12H,3,6,8,10-11H2,1H3,(H,20,22)(H,21,24). The Morgan fingerprint density at radius 1 is 1.18 bits per heavy atom. The zero-order valence-electron chi connectivity index (χ0n) is 15.4. The highest BCUT2D eigenvalue weighted by molar-refractivity contribution is 7.90. The first kappa shape index (κ1) is 20.2. The molecule has 0 fully saturated rings. The van der Waals surface area contributed by atoms with Crippen LogP contribution in [0.3, 0.4) is 0 Å². The second-order valence-electron chi connectivity index (χ2n) is 6.45. The summed E-state index contributed by atoms with van der Waals surface area (Å²) in [4.78, 5) is 30.1. The van der Waals surface area contributed by atoms with Crippen LogP contribution in [0, 0.1) is 6.92 Å². The number of carbonyl (C=O) groups excluding carboxylic acids is 2. The van der Waals surface area contributed by atoms with Crippen molar-refractivity contribution in [3.8, 4) is 0 Å². The molecule has 2 N–H and O–H groups in total. The van der Waals surface area contributed by atoms with Gasteiger partial charge in [-0.3, -0.25) is 19.3 Å². The van der Waals surface area contributed by atoms with E-state index in [9.17, 15) is 18.0 Å². The van der Waals surface area contributed by atoms with E-state index < -0.39 is 10.0 Å². The van der Waals surface area contributed by atoms with Crippen molar-refractivity contribution >= 4 is 44.6 Å². The van der Waals surface area contributed by atoms with Crippen molar-refractivity contribution in [3.05, 3.63) is 46.2 Å². The first-order valence-electron chi connectivity index (χ1n) is 8.89. The monoisotopic (exact) mass is 419 g/mol. The predicted octanol–water partition coefficient (Wildman–Crippen LogP) is 3.13. The molecule has 0 unspecified atom stereocenters. The summed E-state index contributed by atoms with van der Waals surface area (Å²) in [5, 5.41) is 2.65. The molecule has 1 aromatic carbocycles. The lowest BCUT2D eigenvalue weighted by Crippen LogP contribution is -2.29. The molecule has 1 aromatic heterocycles. The second-order valence-corrected chi connectivity index (χ2v) is 9.42. The van der Waals surface area contributed by atoms with E-state index >= 15 is 0 Å². The van der Waals surface area contributed by atoms with Crippen molar-refractivity contribution in [3.63, 3.8) is 0 Å². The maximum Gasteiger partial charge on any atom is 0.262 e. The van der Waals surface area contributed by atoms with E-state index in [0.717, 1.165) is 11.3 Å². The van der Waals surface area contributed by atoms with Gasteiger partial charge in [0.15, 0.2) is 5.78 Å². The smallest absolute Gasteiger partial charge is 0.262 e. The van der Waals surface area contributed by atoms with Gasteiger partial charge >= 0.3 is 0 Å². The van der Waals surface area contributed by atoms with E-state index in [2.05, 4.69) is 15.0 Å². The summed E-state index contributed by atoms with van der Waals surface area (Å²) in [7, 11) is -3.75. The van der Waals surface area contributed by atoms with Gasteiger partial charge in [-0.2, -0.15) is 0 Å². The van der Waals surface area contributed by atoms with Crippen LogP contribution in [0.4, 0.5) is 5.69 Å². The van der Waals surface area contributed by atoms with Gasteiger partial charge in [0.25, 0.3) is 10.0 Å². The van der Waals surface area contributed by atoms with Crippen molar-refractivity contribution in [2.24, 2.45) is 4.99 Å². The topological polar surface area (TPSA) is 105 Å². The van der Waals surface area contributed by atoms with Crippen LogP contribution in [0.15, 0.2) is 46.3 Å². The summed E-state index contributed by atoms with van der Waals surface area (Å²) < 4.78 is 27.4. The number of hydrogen-bond donors (Lipinski definition) is 2. The fraction of sp³-hybridized carbons (Fsp3) is 0.316. The molecule has 0 saturated heterocycles. The molecule has 0 spiro atoms. The first-order chi connectivity index (χ1) is 13.3. The normalized spacial score (nSPS) is 13.8. The summed E-state index contributed by atoms with van der Waals surface area (Å²) in [5.74, 6) is 0.0344. The third kappa shape index (κ3) is 5.26. The van der Waals surface area contributed by atoms with Gasteiger partial charge in [0.05, 0.1) is 9.77 Å². The van der Waals surface area contributed by atoms with Crippen LogP contribution in [-0.2, 0) is 14.8 Å². The minimum atomic E-state index is -3.75. The number of benzene rings is 1. The molecule has 2 aromatic rings. The zero-order valence-corrected chi connectivity index (χ0v) is 17.0. The van der Waals surface area contributed by atoms with Crippen molar-refractivity contribution in [1.82, 2.24) is 4.72 Å². The van der Waals surface area contributed by atoms with E-state index in [-0.39, 0.29) is 29.4 Å². The molecule has 1 aliphatic heterocycles. The predicted molar refractivity (Wildman–Crippen MR) is 110 cm³/mol. The number of amides is 1. The molecular weight excluding hydrogens is 398 g/mol. The Kier molecular flexibility index (Phi) is 6.25. The Labute approximate surface area is 167 Å². The number of amidine groups is 1. The zero-order chi connectivity index (χ0) is 20.1. The quantitative estimate of drug-likeness (QED) is 0.673. The molecule has 0 bridgehead atoms. The maximum absolute atomic E-state index is 12.5. The number of thiophene rings is 1. The van der Waals surface area contributed by atoms with Crippen LogP contribution in [0.2, 0.25) is 0 Å². The molecule has 7 nitrogen and oxygen atoms in total. The Balaban J connectivity index is 1.59. The highest BCUT2D eigenvalue weighted by Gasteiger charge is 2.19. The number of anilines is 1. The number of hydrogen-bond acceptors (Lipinski definition) is 6. The van der Waals surface area contributed by atoms with Crippen LogP contribution in [0.1, 0.15) is 40.2 Å². The summed E-state index contributed by atoms with van der Waals surface area (Å²) >= 11 is 1.40. The molecule has 3 rings (SSSR count). The summed E-state index contributed by atoms with van der Waals surface area (Å²) in [6.45, 7) is 2.54. The minimum Gasteiger partial charge on any atom is -0.326 e. The molecule has 0 atom stereocenters. The van der Waals surface area contributed by atoms with Crippen LogP contribution < -0.4 is 10.0 Å². The number of carbonyl (C=O) groups is 2. The molecule has 9 heteroatoms. The van der Waals surface area contributed by atoms with Gasteiger partial charge in [-0.1, -0.05) is 6.07 Å². The van der Waals surface area contributed by atoms with E-state index in [1.807, 2.05) is 13.0 Å². The Morgan fingerprint density at radius 3 is 2.68 bits per heavy atom. The molecule has 1 aliphatic rings. The summed E-state index contributed by atoms with van der Waals surface area (Å²) in [6.07, 6.45) is 1.57. The Morgan fingerprint density at radius 2 is 2.00 bits per heavy atom. The minimum absolute atomic E-state index is 0.0296. The number of sulfonamides is 1. The van der Waals surface area contributed by atoms with E-state index in [0.29, 0.717) is 29.4 Å². The lowest BCUT2D eigenvalue weighted by molar-refractivity contribution is -0.116. The van der Waals surface area contributed by atoms with E-state index in [4.69, 9.17) is 0 Å². The van der Waals surface area contributed by atoms with Crippen molar-refractivity contribution in [1.29, 1.82) is 0 Å². The van der Waals surface area contributed by atoms with Gasteiger partial charge in [-0.05, 0) is 43.7 Å². The lowest BCUT2D eigenvalue weighted by atomic mass is 10.2. The van der Waals surface area contributed by atoms with Gasteiger partial charge < -0.3 is 5.32 Å². The van der Waals surface area contributed by atoms with Crippen LogP contribution in [0.5, 0.6) is 0 Å². The van der Waals surface area contributed by atoms with Crippen LogP contribution in [-0.4, -0.2) is 32.5 Å². The molecule has 2 heterocycles. The number of nitrogens with zero attached hydrogens (tertiary/aromatic N) is 1. The molecule has 148 valence electrons. The van der Waals surface area contributed by atoms with Gasteiger partial charge in [0, 0.05) is 36.4 Å². The molecule has 28 heavy (non-hydrogen) atoms. The third-order valence-corrected chi connectivity index (χ3v) is 6.57. The SMILES string of the molecule is Cc1ccc(C(=O)CCC(=O)Nc2cccc(S(=O)(=O)NC3=NCCC3)c2)s1. The summed E-state index contributed by atoms with van der Waals surface area (Å²) in [5.41, 5.74) is 0.362. The van der Waals surface area contributed by atoms with Crippen molar-refractivity contribution < 1.29 is 18.0 Å². The van der Waals surface area contributed by atoms with Gasteiger partial charge in [-0.15, -0.1) is 11.3 Å². The molecule has 0 radical (unpaired) electrons. The van der Waals surface area contributed by atoms with Crippen molar-refractivity contribution in [2.75, 3.05) is 11.9 Å². The Bertz CT molecular complexity index is 1030. The van der Waals surface area contributed by atoms with Crippen molar-refractivity contribution in [2.45, 2.75) is 37.5 Å². The molecular formula is C19H21N3O4S2.